The van der Waals surface area contributed by atoms with Crippen LogP contribution in [0, 0.1) is 0 Å². The topological polar surface area (TPSA) is 116 Å². The molecule has 0 aliphatic rings. The van der Waals surface area contributed by atoms with Crippen molar-refractivity contribution in [3.63, 3.8) is 0 Å². The first-order valence-electron chi connectivity index (χ1n) is 9.95. The van der Waals surface area contributed by atoms with Crippen molar-refractivity contribution >= 4 is 40.2 Å². The third-order valence-electron chi connectivity index (χ3n) is 4.86. The van der Waals surface area contributed by atoms with E-state index in [9.17, 15) is 14.4 Å². The van der Waals surface area contributed by atoms with Crippen LogP contribution in [0.2, 0.25) is 0 Å². The van der Waals surface area contributed by atoms with Crippen LogP contribution in [0.1, 0.15) is 10.4 Å². The average Bonchev–Trinajstić information content (AvgIpc) is 2.83. The minimum Gasteiger partial charge on any atom is -0.497 e. The standard InChI is InChI=1S/C24H20N4O4S/c1-32-16-8-6-7-15(13-16)28-23(31)18-10-3-5-12-20(18)27-24(28)33-14-21(29)26-19-11-4-2-9-17(19)22(25)30/h2-13H,14H2,1H3,(H2,25,30)(H,26,29). The molecule has 4 aromatic rings. The number of benzene rings is 3. The second-order valence-corrected chi connectivity index (χ2v) is 7.94. The molecule has 8 nitrogen and oxygen atoms in total. The Morgan fingerprint density at radius 2 is 1.82 bits per heavy atom. The number of nitrogens with zero attached hydrogens (tertiary/aromatic N) is 2. The number of amides is 2. The lowest BCUT2D eigenvalue weighted by atomic mass is 10.1. The van der Waals surface area contributed by atoms with Crippen LogP contribution in [0.3, 0.4) is 0 Å². The van der Waals surface area contributed by atoms with Crippen LogP contribution in [-0.2, 0) is 4.79 Å². The number of hydrogen-bond donors (Lipinski definition) is 2. The molecule has 0 fully saturated rings. The summed E-state index contributed by atoms with van der Waals surface area (Å²) in [6.07, 6.45) is 0. The van der Waals surface area contributed by atoms with E-state index < -0.39 is 5.91 Å². The molecule has 3 N–H and O–H groups in total. The molecule has 0 saturated heterocycles. The lowest BCUT2D eigenvalue weighted by molar-refractivity contribution is -0.113. The van der Waals surface area contributed by atoms with Crippen LogP contribution in [0.25, 0.3) is 16.6 Å². The first-order valence-corrected chi connectivity index (χ1v) is 10.9. The monoisotopic (exact) mass is 460 g/mol. The zero-order chi connectivity index (χ0) is 23.4. The van der Waals surface area contributed by atoms with Crippen LogP contribution < -0.4 is 21.3 Å². The van der Waals surface area contributed by atoms with Crippen molar-refractivity contribution < 1.29 is 14.3 Å². The first kappa shape index (κ1) is 22.1. The van der Waals surface area contributed by atoms with Crippen molar-refractivity contribution in [2.45, 2.75) is 5.16 Å². The molecule has 0 bridgehead atoms. The summed E-state index contributed by atoms with van der Waals surface area (Å²) in [5.41, 5.74) is 6.77. The van der Waals surface area contributed by atoms with E-state index in [0.29, 0.717) is 33.2 Å². The molecule has 3 aromatic carbocycles. The Hall–Kier alpha value is -4.11. The highest BCUT2D eigenvalue weighted by atomic mass is 32.2. The summed E-state index contributed by atoms with van der Waals surface area (Å²) in [6.45, 7) is 0. The Morgan fingerprint density at radius 3 is 2.61 bits per heavy atom. The number of carbonyl (C=O) groups is 2. The number of aromatic nitrogens is 2. The molecular formula is C24H20N4O4S. The minimum atomic E-state index is -0.637. The number of primary amides is 1. The molecule has 33 heavy (non-hydrogen) atoms. The summed E-state index contributed by atoms with van der Waals surface area (Å²) in [4.78, 5) is 42.2. The fourth-order valence-electron chi connectivity index (χ4n) is 3.31. The molecule has 2 amide bonds. The van der Waals surface area contributed by atoms with Crippen molar-refractivity contribution in [3.05, 3.63) is 88.7 Å². The molecule has 4 rings (SSSR count). The molecule has 0 spiro atoms. The summed E-state index contributed by atoms with van der Waals surface area (Å²) in [5.74, 6) is -0.457. The second kappa shape index (κ2) is 9.58. The van der Waals surface area contributed by atoms with E-state index in [1.165, 1.54) is 10.6 Å². The summed E-state index contributed by atoms with van der Waals surface area (Å²) in [6, 6.07) is 20.6. The van der Waals surface area contributed by atoms with Gasteiger partial charge in [-0.3, -0.25) is 19.0 Å². The number of anilines is 1. The van der Waals surface area contributed by atoms with E-state index in [-0.39, 0.29) is 22.8 Å². The van der Waals surface area contributed by atoms with Crippen molar-refractivity contribution in [1.82, 2.24) is 9.55 Å². The molecule has 0 unspecified atom stereocenters. The predicted octanol–water partition coefficient (Wildman–Crippen LogP) is 3.22. The van der Waals surface area contributed by atoms with Crippen molar-refractivity contribution in [2.24, 2.45) is 5.73 Å². The first-order chi connectivity index (χ1) is 16.0. The highest BCUT2D eigenvalue weighted by Gasteiger charge is 2.16. The number of hydrogen-bond acceptors (Lipinski definition) is 6. The third kappa shape index (κ3) is 4.73. The van der Waals surface area contributed by atoms with Crippen molar-refractivity contribution in [1.29, 1.82) is 0 Å². The number of rotatable bonds is 7. The van der Waals surface area contributed by atoms with Gasteiger partial charge in [-0.25, -0.2) is 4.98 Å². The van der Waals surface area contributed by atoms with E-state index in [1.54, 1.807) is 73.8 Å². The van der Waals surface area contributed by atoms with Gasteiger partial charge in [-0.05, 0) is 36.4 Å². The Balaban J connectivity index is 1.68. The molecule has 9 heteroatoms. The van der Waals surface area contributed by atoms with Crippen LogP contribution in [-0.4, -0.2) is 34.2 Å². The number of fused-ring (bicyclic) bond motifs is 1. The lowest BCUT2D eigenvalue weighted by Crippen LogP contribution is -2.23. The van der Waals surface area contributed by atoms with Crippen LogP contribution >= 0.6 is 11.8 Å². The summed E-state index contributed by atoms with van der Waals surface area (Å²) >= 11 is 1.11. The summed E-state index contributed by atoms with van der Waals surface area (Å²) in [5, 5.41) is 3.51. The van der Waals surface area contributed by atoms with E-state index in [2.05, 4.69) is 10.3 Å². The number of para-hydroxylation sites is 2. The lowest BCUT2D eigenvalue weighted by Gasteiger charge is -2.14. The molecular weight excluding hydrogens is 440 g/mol. The van der Waals surface area contributed by atoms with E-state index >= 15 is 0 Å². The van der Waals surface area contributed by atoms with Crippen molar-refractivity contribution in [3.8, 4) is 11.4 Å². The quantitative estimate of drug-likeness (QED) is 0.323. The van der Waals surface area contributed by atoms with Gasteiger partial charge in [0.15, 0.2) is 5.16 Å². The Kier molecular flexibility index (Phi) is 6.41. The molecule has 166 valence electrons. The summed E-state index contributed by atoms with van der Waals surface area (Å²) in [7, 11) is 1.55. The summed E-state index contributed by atoms with van der Waals surface area (Å²) < 4.78 is 6.75. The fraction of sp³-hybridized carbons (Fsp3) is 0.0833. The number of nitrogens with two attached hydrogens (primary N) is 1. The van der Waals surface area contributed by atoms with Gasteiger partial charge in [-0.2, -0.15) is 0 Å². The number of ether oxygens (including phenoxy) is 1. The highest BCUT2D eigenvalue weighted by Crippen LogP contribution is 2.24. The number of thioether (sulfide) groups is 1. The average molecular weight is 461 g/mol. The number of methoxy groups -OCH3 is 1. The van der Waals surface area contributed by atoms with Gasteiger partial charge in [0.1, 0.15) is 5.75 Å². The van der Waals surface area contributed by atoms with Gasteiger partial charge in [-0.15, -0.1) is 0 Å². The largest absolute Gasteiger partial charge is 0.497 e. The van der Waals surface area contributed by atoms with Gasteiger partial charge < -0.3 is 15.8 Å². The Bertz CT molecular complexity index is 1420. The molecule has 0 aliphatic carbocycles. The SMILES string of the molecule is COc1cccc(-n2c(SCC(=O)Nc3ccccc3C(N)=O)nc3ccccc3c2=O)c1. The van der Waals surface area contributed by atoms with Gasteiger partial charge in [0, 0.05) is 6.07 Å². The molecule has 1 aromatic heterocycles. The predicted molar refractivity (Wildman–Crippen MR) is 128 cm³/mol. The normalized spacial score (nSPS) is 10.7. The maximum absolute atomic E-state index is 13.3. The minimum absolute atomic E-state index is 0.0398. The Labute approximate surface area is 193 Å². The van der Waals surface area contributed by atoms with Gasteiger partial charge >= 0.3 is 0 Å². The molecule has 0 saturated carbocycles. The van der Waals surface area contributed by atoms with E-state index in [4.69, 9.17) is 10.5 Å². The zero-order valence-electron chi connectivity index (χ0n) is 17.6. The van der Waals surface area contributed by atoms with Gasteiger partial charge in [0.05, 0.1) is 40.7 Å². The Morgan fingerprint density at radius 1 is 1.06 bits per heavy atom. The maximum Gasteiger partial charge on any atom is 0.266 e. The zero-order valence-corrected chi connectivity index (χ0v) is 18.5. The molecule has 1 heterocycles. The van der Waals surface area contributed by atoms with Crippen LogP contribution in [0.5, 0.6) is 5.75 Å². The number of nitrogens with one attached hydrogen (secondary N) is 1. The third-order valence-corrected chi connectivity index (χ3v) is 5.79. The van der Waals surface area contributed by atoms with Gasteiger partial charge in [0.25, 0.3) is 11.5 Å². The molecule has 0 aliphatic heterocycles. The van der Waals surface area contributed by atoms with E-state index in [1.807, 2.05) is 0 Å². The second-order valence-electron chi connectivity index (χ2n) is 7.00. The molecule has 0 radical (unpaired) electrons. The van der Waals surface area contributed by atoms with Crippen LogP contribution in [0.15, 0.2) is 82.7 Å². The maximum atomic E-state index is 13.3. The fourth-order valence-corrected chi connectivity index (χ4v) is 4.12. The van der Waals surface area contributed by atoms with E-state index in [0.717, 1.165) is 11.8 Å². The van der Waals surface area contributed by atoms with Crippen molar-refractivity contribution in [2.75, 3.05) is 18.2 Å². The van der Waals surface area contributed by atoms with Gasteiger partial charge in [0.2, 0.25) is 5.91 Å². The van der Waals surface area contributed by atoms with Crippen LogP contribution in [0.4, 0.5) is 5.69 Å². The molecule has 0 atom stereocenters. The van der Waals surface area contributed by atoms with Gasteiger partial charge in [-0.1, -0.05) is 42.1 Å². The highest BCUT2D eigenvalue weighted by molar-refractivity contribution is 7.99. The smallest absolute Gasteiger partial charge is 0.266 e. The number of carbonyl (C=O) groups excluding carboxylic acids is 2.